The van der Waals surface area contributed by atoms with E-state index in [-0.39, 0.29) is 0 Å². The number of halogens is 1. The topological polar surface area (TPSA) is 38.2 Å². The van der Waals surface area contributed by atoms with Crippen molar-refractivity contribution in [3.63, 3.8) is 0 Å². The Morgan fingerprint density at radius 2 is 2.00 bits per heavy atom. The third-order valence-corrected chi connectivity index (χ3v) is 2.85. The number of ether oxygens (including phenoxy) is 1. The van der Waals surface area contributed by atoms with Crippen molar-refractivity contribution in [1.82, 2.24) is 9.97 Å². The molecule has 0 N–H and O–H groups in total. The maximum Gasteiger partial charge on any atom is 0.147 e. The van der Waals surface area contributed by atoms with Crippen molar-refractivity contribution < 1.29 is 4.74 Å². The highest BCUT2D eigenvalue weighted by atomic mass is 35.5. The lowest BCUT2D eigenvalue weighted by Crippen LogP contribution is -2.30. The molecule has 0 saturated carbocycles. The molecule has 0 amide bonds. The third kappa shape index (κ3) is 3.09. The average molecular weight is 266 g/mol. The first-order valence-corrected chi connectivity index (χ1v) is 6.40. The van der Waals surface area contributed by atoms with Crippen LogP contribution in [0.15, 0.2) is 30.5 Å². The van der Waals surface area contributed by atoms with E-state index >= 15 is 0 Å². The molecule has 0 fully saturated rings. The molecule has 96 valence electrons. The Bertz CT molecular complexity index is 506. The van der Waals surface area contributed by atoms with Crippen LogP contribution in [-0.2, 0) is 4.74 Å². The van der Waals surface area contributed by atoms with E-state index in [0.717, 1.165) is 29.9 Å². The van der Waals surface area contributed by atoms with Crippen LogP contribution in [0.3, 0.4) is 0 Å². The quantitative estimate of drug-likeness (QED) is 0.752. The highest BCUT2D eigenvalue weighted by Gasteiger charge is 2.08. The molecule has 0 aliphatic heterocycles. The molecule has 0 atom stereocenters. The fraction of sp³-hybridized carbons (Fsp3) is 0.385. The zero-order chi connectivity index (χ0) is 12.8. The summed E-state index contributed by atoms with van der Waals surface area (Å²) in [6, 6.07) is 7.83. The Hall–Kier alpha value is -1.39. The van der Waals surface area contributed by atoms with Gasteiger partial charge in [0.15, 0.2) is 0 Å². The maximum absolute atomic E-state index is 5.81. The van der Waals surface area contributed by atoms with Crippen LogP contribution < -0.4 is 4.90 Å². The third-order valence-electron chi connectivity index (χ3n) is 2.68. The van der Waals surface area contributed by atoms with E-state index in [1.54, 1.807) is 13.3 Å². The summed E-state index contributed by atoms with van der Waals surface area (Å²) in [7, 11) is 1.69. The molecule has 0 unspecified atom stereocenters. The second-order valence-corrected chi connectivity index (χ2v) is 4.26. The van der Waals surface area contributed by atoms with Gasteiger partial charge < -0.3 is 9.64 Å². The van der Waals surface area contributed by atoms with Crippen LogP contribution in [0, 0.1) is 0 Å². The molecule has 0 spiro atoms. The first-order chi connectivity index (χ1) is 8.85. The van der Waals surface area contributed by atoms with Crippen LogP contribution in [-0.4, -0.2) is 42.7 Å². The first kappa shape index (κ1) is 13.1. The Morgan fingerprint density at radius 3 is 2.72 bits per heavy atom. The van der Waals surface area contributed by atoms with E-state index in [2.05, 4.69) is 14.9 Å². The number of anilines is 1. The van der Waals surface area contributed by atoms with Gasteiger partial charge in [-0.15, -0.1) is 11.6 Å². The molecule has 1 heterocycles. The summed E-state index contributed by atoms with van der Waals surface area (Å²) in [5.74, 6) is 1.39. The van der Waals surface area contributed by atoms with E-state index < -0.39 is 0 Å². The number of methoxy groups -OCH3 is 1. The minimum atomic E-state index is 0.554. The van der Waals surface area contributed by atoms with Gasteiger partial charge in [0.05, 0.1) is 23.8 Å². The number of hydrogen-bond acceptors (Lipinski definition) is 4. The van der Waals surface area contributed by atoms with Gasteiger partial charge in [-0.2, -0.15) is 0 Å². The van der Waals surface area contributed by atoms with Crippen LogP contribution in [0.4, 0.5) is 5.82 Å². The molecule has 0 bridgehead atoms. The maximum atomic E-state index is 5.81. The van der Waals surface area contributed by atoms with Crippen molar-refractivity contribution >= 4 is 28.5 Å². The number of benzene rings is 1. The zero-order valence-electron chi connectivity index (χ0n) is 10.3. The van der Waals surface area contributed by atoms with E-state index in [1.165, 1.54) is 0 Å². The Morgan fingerprint density at radius 1 is 1.22 bits per heavy atom. The molecule has 0 radical (unpaired) electrons. The van der Waals surface area contributed by atoms with Gasteiger partial charge in [0, 0.05) is 26.1 Å². The van der Waals surface area contributed by atoms with E-state index in [0.29, 0.717) is 12.5 Å². The molecule has 0 saturated heterocycles. The predicted octanol–water partition coefficient (Wildman–Crippen LogP) is 2.32. The number of rotatable bonds is 6. The highest BCUT2D eigenvalue weighted by molar-refractivity contribution is 6.18. The largest absolute Gasteiger partial charge is 0.383 e. The van der Waals surface area contributed by atoms with Gasteiger partial charge in [-0.3, -0.25) is 4.98 Å². The number of alkyl halides is 1. The van der Waals surface area contributed by atoms with Gasteiger partial charge in [-0.05, 0) is 12.1 Å². The van der Waals surface area contributed by atoms with E-state index in [1.807, 2.05) is 24.3 Å². The lowest BCUT2D eigenvalue weighted by atomic mass is 10.3. The Labute approximate surface area is 112 Å². The Kier molecular flexibility index (Phi) is 4.73. The first-order valence-electron chi connectivity index (χ1n) is 5.87. The molecule has 0 aliphatic carbocycles. The predicted molar refractivity (Wildman–Crippen MR) is 74.3 cm³/mol. The molecule has 18 heavy (non-hydrogen) atoms. The Balaban J connectivity index is 2.25. The number of hydrogen-bond donors (Lipinski definition) is 0. The molecule has 1 aromatic carbocycles. The van der Waals surface area contributed by atoms with Gasteiger partial charge >= 0.3 is 0 Å². The minimum absolute atomic E-state index is 0.554. The normalized spacial score (nSPS) is 10.8. The molecule has 4 nitrogen and oxygen atoms in total. The van der Waals surface area contributed by atoms with Gasteiger partial charge in [0.1, 0.15) is 5.82 Å². The summed E-state index contributed by atoms with van der Waals surface area (Å²) in [5.41, 5.74) is 1.80. The molecule has 2 aromatic rings. The average Bonchev–Trinajstić information content (AvgIpc) is 2.43. The molecule has 2 rings (SSSR count). The number of para-hydroxylation sites is 2. The van der Waals surface area contributed by atoms with Crippen molar-refractivity contribution in [3.8, 4) is 0 Å². The second-order valence-electron chi connectivity index (χ2n) is 3.89. The fourth-order valence-electron chi connectivity index (χ4n) is 1.74. The monoisotopic (exact) mass is 265 g/mol. The molecule has 0 aliphatic rings. The van der Waals surface area contributed by atoms with Crippen molar-refractivity contribution in [1.29, 1.82) is 0 Å². The summed E-state index contributed by atoms with van der Waals surface area (Å²) in [4.78, 5) is 11.1. The molecule has 5 heteroatoms. The van der Waals surface area contributed by atoms with Crippen molar-refractivity contribution in [2.24, 2.45) is 0 Å². The van der Waals surface area contributed by atoms with Crippen LogP contribution in [0.1, 0.15) is 0 Å². The fourth-order valence-corrected chi connectivity index (χ4v) is 1.95. The second kappa shape index (κ2) is 6.52. The van der Waals surface area contributed by atoms with Crippen molar-refractivity contribution in [2.45, 2.75) is 0 Å². The van der Waals surface area contributed by atoms with Gasteiger partial charge in [-0.25, -0.2) is 4.98 Å². The van der Waals surface area contributed by atoms with Gasteiger partial charge in [0.25, 0.3) is 0 Å². The molecular formula is C13H16ClN3O. The summed E-state index contributed by atoms with van der Waals surface area (Å²) >= 11 is 5.81. The van der Waals surface area contributed by atoms with Gasteiger partial charge in [0.2, 0.25) is 0 Å². The van der Waals surface area contributed by atoms with Crippen LogP contribution in [0.5, 0.6) is 0 Å². The number of fused-ring (bicyclic) bond motifs is 1. The standard InChI is InChI=1S/C13H16ClN3O/c1-18-9-8-17(7-6-14)13-10-15-11-4-2-3-5-12(11)16-13/h2-5,10H,6-9H2,1H3. The summed E-state index contributed by atoms with van der Waals surface area (Å²) in [5, 5.41) is 0. The SMILES string of the molecule is COCCN(CCCl)c1cnc2ccccc2n1. The van der Waals surface area contributed by atoms with E-state index in [9.17, 15) is 0 Å². The lowest BCUT2D eigenvalue weighted by molar-refractivity contribution is 0.205. The number of aromatic nitrogens is 2. The van der Waals surface area contributed by atoms with Crippen LogP contribution in [0.2, 0.25) is 0 Å². The van der Waals surface area contributed by atoms with Crippen molar-refractivity contribution in [3.05, 3.63) is 30.5 Å². The smallest absolute Gasteiger partial charge is 0.147 e. The van der Waals surface area contributed by atoms with Crippen LogP contribution in [0.25, 0.3) is 11.0 Å². The van der Waals surface area contributed by atoms with Crippen molar-refractivity contribution in [2.75, 3.05) is 37.6 Å². The summed E-state index contributed by atoms with van der Waals surface area (Å²) in [6.07, 6.45) is 1.78. The van der Waals surface area contributed by atoms with Gasteiger partial charge in [-0.1, -0.05) is 12.1 Å². The summed E-state index contributed by atoms with van der Waals surface area (Å²) in [6.45, 7) is 2.14. The molecule has 1 aromatic heterocycles. The number of nitrogens with zero attached hydrogens (tertiary/aromatic N) is 3. The zero-order valence-corrected chi connectivity index (χ0v) is 11.1. The lowest BCUT2D eigenvalue weighted by Gasteiger charge is -2.22. The highest BCUT2D eigenvalue weighted by Crippen LogP contribution is 2.15. The van der Waals surface area contributed by atoms with Crippen LogP contribution >= 0.6 is 11.6 Å². The van der Waals surface area contributed by atoms with E-state index in [4.69, 9.17) is 16.3 Å². The summed E-state index contributed by atoms with van der Waals surface area (Å²) < 4.78 is 5.09. The minimum Gasteiger partial charge on any atom is -0.383 e. The molecular weight excluding hydrogens is 250 g/mol.